The standard InChI is InChI=1S/C27H26N2O2.C17H6O7/c1-27(2,19-3-11-23(12-4-19)30-25-15-7-21(28)8-16-25)20-5-13-24(14-6-20)31-26-17-9-22(29)10-18-26;18-13(7-1-3-9-11(5-7)16(21)23-14(9)19)8-2-4-10-12(6-8)17(22)24-15(10)20/h3-18H,28-29H2,1-2H3;1-6H. The van der Waals surface area contributed by atoms with Crippen molar-refractivity contribution < 1.29 is 42.9 Å². The molecular weight excluding hydrogens is 700 g/mol. The summed E-state index contributed by atoms with van der Waals surface area (Å²) < 4.78 is 20.8. The molecule has 272 valence electrons. The van der Waals surface area contributed by atoms with E-state index in [9.17, 15) is 24.0 Å². The number of cyclic esters (lactones) is 4. The van der Waals surface area contributed by atoms with Gasteiger partial charge in [-0.2, -0.15) is 0 Å². The summed E-state index contributed by atoms with van der Waals surface area (Å²) in [7, 11) is 0. The number of carbonyl (C=O) groups is 5. The van der Waals surface area contributed by atoms with E-state index in [1.807, 2.05) is 72.8 Å². The lowest BCUT2D eigenvalue weighted by Crippen LogP contribution is -2.18. The molecular formula is C44H32N2O9. The minimum absolute atomic E-state index is 0.0154. The van der Waals surface area contributed by atoms with E-state index in [2.05, 4.69) is 47.6 Å². The lowest BCUT2D eigenvalue weighted by molar-refractivity contribution is 0.0425. The molecule has 0 aromatic heterocycles. The highest BCUT2D eigenvalue weighted by molar-refractivity contribution is 6.19. The van der Waals surface area contributed by atoms with Crippen LogP contribution < -0.4 is 20.9 Å². The van der Waals surface area contributed by atoms with Gasteiger partial charge in [-0.15, -0.1) is 0 Å². The minimum Gasteiger partial charge on any atom is -0.457 e. The molecule has 0 amide bonds. The second kappa shape index (κ2) is 14.5. The number of ketones is 1. The minimum atomic E-state index is -0.812. The van der Waals surface area contributed by atoms with Crippen LogP contribution in [0.2, 0.25) is 0 Å². The molecule has 2 aliphatic rings. The monoisotopic (exact) mass is 732 g/mol. The van der Waals surface area contributed by atoms with Crippen LogP contribution in [0.3, 0.4) is 0 Å². The smallest absolute Gasteiger partial charge is 0.346 e. The third kappa shape index (κ3) is 7.53. The fourth-order valence-corrected chi connectivity index (χ4v) is 6.01. The van der Waals surface area contributed by atoms with Crippen molar-refractivity contribution in [3.8, 4) is 23.0 Å². The highest BCUT2D eigenvalue weighted by Crippen LogP contribution is 2.35. The van der Waals surface area contributed by atoms with Crippen molar-refractivity contribution in [3.05, 3.63) is 178 Å². The Labute approximate surface area is 315 Å². The molecule has 0 atom stereocenters. The van der Waals surface area contributed by atoms with E-state index in [0.29, 0.717) is 11.4 Å². The first kappa shape index (κ1) is 35.9. The van der Waals surface area contributed by atoms with E-state index in [-0.39, 0.29) is 38.8 Å². The topological polar surface area (TPSA) is 174 Å². The van der Waals surface area contributed by atoms with Crippen LogP contribution in [-0.4, -0.2) is 29.7 Å². The summed E-state index contributed by atoms with van der Waals surface area (Å²) in [5.41, 5.74) is 15.6. The number of fused-ring (bicyclic) bond motifs is 2. The molecule has 2 aliphatic heterocycles. The van der Waals surface area contributed by atoms with Crippen molar-refractivity contribution in [2.45, 2.75) is 19.3 Å². The largest absolute Gasteiger partial charge is 0.457 e. The van der Waals surface area contributed by atoms with Gasteiger partial charge in [-0.25, -0.2) is 19.2 Å². The lowest BCUT2D eigenvalue weighted by Gasteiger charge is -2.26. The zero-order valence-electron chi connectivity index (χ0n) is 29.5. The molecule has 0 aliphatic carbocycles. The fraction of sp³-hybridized carbons (Fsp3) is 0.0682. The van der Waals surface area contributed by atoms with Crippen LogP contribution in [-0.2, 0) is 14.9 Å². The van der Waals surface area contributed by atoms with Crippen LogP contribution in [0, 0.1) is 0 Å². The van der Waals surface area contributed by atoms with E-state index in [1.165, 1.54) is 47.5 Å². The number of rotatable bonds is 8. The maximum atomic E-state index is 12.5. The number of nitrogen functional groups attached to an aromatic ring is 2. The molecule has 4 N–H and O–H groups in total. The molecule has 0 radical (unpaired) electrons. The summed E-state index contributed by atoms with van der Waals surface area (Å²) in [6, 6.07) is 39.1. The van der Waals surface area contributed by atoms with Crippen LogP contribution in [0.25, 0.3) is 0 Å². The number of carbonyl (C=O) groups excluding carboxylic acids is 5. The van der Waals surface area contributed by atoms with Crippen molar-refractivity contribution in [2.75, 3.05) is 11.5 Å². The molecule has 6 aromatic carbocycles. The van der Waals surface area contributed by atoms with Gasteiger partial charge in [0, 0.05) is 27.9 Å². The number of anilines is 2. The molecule has 11 nitrogen and oxygen atoms in total. The van der Waals surface area contributed by atoms with Gasteiger partial charge in [-0.3, -0.25) is 4.79 Å². The molecule has 11 heteroatoms. The SMILES string of the molecule is CC(C)(c1ccc(Oc2ccc(N)cc2)cc1)c1ccc(Oc2ccc(N)cc2)cc1.O=C(c1ccc2c(c1)C(=O)OC2=O)c1ccc2c(c1)C(=O)OC2=O. The average molecular weight is 733 g/mol. The number of hydrogen-bond donors (Lipinski definition) is 2. The molecule has 0 unspecified atom stereocenters. The summed E-state index contributed by atoms with van der Waals surface area (Å²) in [5.74, 6) is -0.509. The number of hydrogen-bond acceptors (Lipinski definition) is 11. The maximum absolute atomic E-state index is 12.5. The highest BCUT2D eigenvalue weighted by atomic mass is 16.6. The number of nitrogens with two attached hydrogens (primary N) is 2. The third-order valence-corrected chi connectivity index (χ3v) is 9.20. The van der Waals surface area contributed by atoms with Crippen LogP contribution in [0.4, 0.5) is 11.4 Å². The second-order valence-electron chi connectivity index (χ2n) is 13.2. The summed E-state index contributed by atoms with van der Waals surface area (Å²) in [4.78, 5) is 58.5. The van der Waals surface area contributed by atoms with Crippen LogP contribution in [0.5, 0.6) is 23.0 Å². The number of esters is 4. The van der Waals surface area contributed by atoms with Gasteiger partial charge < -0.3 is 30.4 Å². The van der Waals surface area contributed by atoms with Crippen molar-refractivity contribution in [3.63, 3.8) is 0 Å². The Morgan fingerprint density at radius 2 is 0.764 bits per heavy atom. The Balaban J connectivity index is 0.000000174. The maximum Gasteiger partial charge on any atom is 0.346 e. The van der Waals surface area contributed by atoms with Crippen molar-refractivity contribution in [2.24, 2.45) is 0 Å². The molecule has 8 rings (SSSR count). The first-order valence-electron chi connectivity index (χ1n) is 17.0. The Bertz CT molecular complexity index is 2320. The number of ether oxygens (including phenoxy) is 4. The normalized spacial score (nSPS) is 12.8. The van der Waals surface area contributed by atoms with Gasteiger partial charge in [0.05, 0.1) is 22.3 Å². The van der Waals surface area contributed by atoms with E-state index in [0.717, 1.165) is 23.0 Å². The molecule has 0 saturated heterocycles. The molecule has 6 aromatic rings. The van der Waals surface area contributed by atoms with Crippen molar-refractivity contribution in [1.29, 1.82) is 0 Å². The van der Waals surface area contributed by atoms with Crippen molar-refractivity contribution >= 4 is 41.0 Å². The van der Waals surface area contributed by atoms with Gasteiger partial charge in [0.25, 0.3) is 0 Å². The zero-order valence-corrected chi connectivity index (χ0v) is 29.5. The Hall–Kier alpha value is -7.53. The van der Waals surface area contributed by atoms with Gasteiger partial charge >= 0.3 is 23.9 Å². The summed E-state index contributed by atoms with van der Waals surface area (Å²) in [6.07, 6.45) is 0. The van der Waals surface area contributed by atoms with Crippen LogP contribution in [0.15, 0.2) is 133 Å². The molecule has 2 heterocycles. The van der Waals surface area contributed by atoms with Crippen molar-refractivity contribution in [1.82, 2.24) is 0 Å². The molecule has 55 heavy (non-hydrogen) atoms. The van der Waals surface area contributed by atoms with Gasteiger partial charge in [-0.1, -0.05) is 50.2 Å². The highest BCUT2D eigenvalue weighted by Gasteiger charge is 2.32. The van der Waals surface area contributed by atoms with Gasteiger partial charge in [0.15, 0.2) is 5.78 Å². The van der Waals surface area contributed by atoms with E-state index < -0.39 is 29.7 Å². The van der Waals surface area contributed by atoms with E-state index in [1.54, 1.807) is 0 Å². The Morgan fingerprint density at radius 3 is 1.11 bits per heavy atom. The first-order chi connectivity index (χ1) is 26.3. The van der Waals surface area contributed by atoms with Gasteiger partial charge in [0.2, 0.25) is 0 Å². The number of benzene rings is 6. The molecule has 0 fully saturated rings. The average Bonchev–Trinajstić information content (AvgIpc) is 3.64. The Kier molecular flexibility index (Phi) is 9.44. The zero-order chi connectivity index (χ0) is 38.9. The van der Waals surface area contributed by atoms with E-state index >= 15 is 0 Å². The fourth-order valence-electron chi connectivity index (χ4n) is 6.01. The summed E-state index contributed by atoms with van der Waals surface area (Å²) >= 11 is 0. The van der Waals surface area contributed by atoms with Crippen LogP contribution >= 0.6 is 0 Å². The quantitative estimate of drug-likeness (QED) is 0.0667. The lowest BCUT2D eigenvalue weighted by atomic mass is 9.78. The predicted octanol–water partition coefficient (Wildman–Crippen LogP) is 8.30. The summed E-state index contributed by atoms with van der Waals surface area (Å²) in [6.45, 7) is 4.41. The van der Waals surface area contributed by atoms with E-state index in [4.69, 9.17) is 20.9 Å². The molecule has 0 saturated carbocycles. The molecule has 0 spiro atoms. The predicted molar refractivity (Wildman–Crippen MR) is 203 cm³/mol. The Morgan fingerprint density at radius 1 is 0.455 bits per heavy atom. The summed E-state index contributed by atoms with van der Waals surface area (Å²) in [5, 5.41) is 0. The second-order valence-corrected chi connectivity index (χ2v) is 13.2. The molecule has 0 bridgehead atoms. The van der Waals surface area contributed by atoms with Gasteiger partial charge in [0.1, 0.15) is 23.0 Å². The first-order valence-corrected chi connectivity index (χ1v) is 17.0. The van der Waals surface area contributed by atoms with Gasteiger partial charge in [-0.05, 0) is 108 Å². The third-order valence-electron chi connectivity index (χ3n) is 9.20. The van der Waals surface area contributed by atoms with Crippen LogP contribution in [0.1, 0.15) is 82.3 Å².